The Morgan fingerprint density at radius 1 is 1.24 bits per heavy atom. The molecule has 2 amide bonds. The Kier molecular flexibility index (Phi) is 7.74. The fraction of sp³-hybridized carbons (Fsp3) is 0.484. The van der Waals surface area contributed by atoms with Gasteiger partial charge in [0.2, 0.25) is 5.95 Å². The van der Waals surface area contributed by atoms with Crippen LogP contribution in [0.4, 0.5) is 15.1 Å². The first kappa shape index (κ1) is 29.5. The molecule has 10 nitrogen and oxygen atoms in total. The summed E-state index contributed by atoms with van der Waals surface area (Å²) in [6.07, 6.45) is 5.75. The summed E-state index contributed by atoms with van der Waals surface area (Å²) in [6, 6.07) is 4.94. The quantitative estimate of drug-likeness (QED) is 0.401. The van der Waals surface area contributed by atoms with Gasteiger partial charge in [0.15, 0.2) is 11.6 Å². The van der Waals surface area contributed by atoms with Gasteiger partial charge in [-0.1, -0.05) is 6.07 Å². The van der Waals surface area contributed by atoms with Crippen molar-refractivity contribution in [3.8, 4) is 5.75 Å². The number of pyridine rings is 1. The fourth-order valence-corrected chi connectivity index (χ4v) is 5.70. The van der Waals surface area contributed by atoms with Crippen molar-refractivity contribution in [3.63, 3.8) is 0 Å². The average Bonchev–Trinajstić information content (AvgIpc) is 3.56. The summed E-state index contributed by atoms with van der Waals surface area (Å²) in [5, 5.41) is 10.4. The van der Waals surface area contributed by atoms with Crippen LogP contribution < -0.4 is 9.64 Å². The molecule has 3 aromatic rings. The number of carbonyl (C=O) groups is 2. The van der Waals surface area contributed by atoms with E-state index in [-0.39, 0.29) is 23.7 Å². The molecule has 1 fully saturated rings. The number of benzene rings is 1. The Morgan fingerprint density at radius 2 is 1.98 bits per heavy atom. The monoisotopic (exact) mass is 579 g/mol. The van der Waals surface area contributed by atoms with Crippen LogP contribution in [0.15, 0.2) is 36.8 Å². The van der Waals surface area contributed by atoms with Gasteiger partial charge in [-0.15, -0.1) is 0 Å². The number of ether oxygens (including phenoxy) is 2. The molecule has 2 aromatic heterocycles. The molecule has 0 radical (unpaired) electrons. The lowest BCUT2D eigenvalue weighted by molar-refractivity contribution is 0.0585. The lowest BCUT2D eigenvalue weighted by atomic mass is 9.81. The number of halogens is 1. The maximum atomic E-state index is 14.2. The second kappa shape index (κ2) is 11.0. The Morgan fingerprint density at radius 3 is 2.62 bits per heavy atom. The van der Waals surface area contributed by atoms with Crippen molar-refractivity contribution in [2.75, 3.05) is 25.1 Å². The van der Waals surface area contributed by atoms with Crippen LogP contribution in [0.25, 0.3) is 0 Å². The van der Waals surface area contributed by atoms with E-state index in [9.17, 15) is 19.1 Å². The van der Waals surface area contributed by atoms with E-state index < -0.39 is 23.6 Å². The minimum atomic E-state index is -0.659. The van der Waals surface area contributed by atoms with Gasteiger partial charge in [-0.05, 0) is 70.2 Å². The molecule has 5 rings (SSSR count). The summed E-state index contributed by atoms with van der Waals surface area (Å²) in [5.74, 6) is -0.222. The third kappa shape index (κ3) is 5.57. The van der Waals surface area contributed by atoms with Crippen LogP contribution in [-0.2, 0) is 23.3 Å². The van der Waals surface area contributed by atoms with Gasteiger partial charge in [-0.3, -0.25) is 14.7 Å². The normalized spacial score (nSPS) is 16.3. The lowest BCUT2D eigenvalue weighted by Gasteiger charge is -2.39. The van der Waals surface area contributed by atoms with E-state index in [1.807, 2.05) is 19.1 Å². The van der Waals surface area contributed by atoms with Crippen LogP contribution in [0.3, 0.4) is 0 Å². The molecule has 42 heavy (non-hydrogen) atoms. The first-order chi connectivity index (χ1) is 19.9. The van der Waals surface area contributed by atoms with Crippen LogP contribution >= 0.6 is 0 Å². The molecule has 1 aliphatic heterocycles. The zero-order chi connectivity index (χ0) is 30.4. The predicted octanol–water partition coefficient (Wildman–Crippen LogP) is 4.98. The lowest BCUT2D eigenvalue weighted by Crippen LogP contribution is -2.45. The molecular weight excluding hydrogens is 541 g/mol. The van der Waals surface area contributed by atoms with E-state index in [1.54, 1.807) is 62.7 Å². The molecule has 1 N–H and O–H groups in total. The van der Waals surface area contributed by atoms with Crippen LogP contribution in [-0.4, -0.2) is 62.3 Å². The second-order valence-electron chi connectivity index (χ2n) is 12.1. The predicted molar refractivity (Wildman–Crippen MR) is 154 cm³/mol. The number of aliphatic hydroxyl groups excluding tert-OH is 1. The minimum Gasteiger partial charge on any atom is -0.491 e. The van der Waals surface area contributed by atoms with E-state index in [0.717, 1.165) is 35.7 Å². The van der Waals surface area contributed by atoms with Crippen molar-refractivity contribution in [1.29, 1.82) is 0 Å². The second-order valence-corrected chi connectivity index (χ2v) is 12.1. The number of amides is 2. The number of hydrogen-bond donors (Lipinski definition) is 1. The van der Waals surface area contributed by atoms with Crippen molar-refractivity contribution in [2.45, 2.75) is 77.7 Å². The SMILES string of the molecule is CCOc1cc(C(C)N2CC3(CC3)c3c(CO)cc(Cn4ccnc4N(C)C(=O)OC(C)(C)C)cc3C2=O)ncc1F. The maximum absolute atomic E-state index is 14.2. The molecule has 1 atom stereocenters. The molecule has 2 aliphatic rings. The number of nitrogens with zero attached hydrogens (tertiary/aromatic N) is 5. The number of carbonyl (C=O) groups excluding carboxylic acids is 2. The number of anilines is 1. The number of imidazole rings is 1. The molecular formula is C31H38FN5O5. The first-order valence-corrected chi connectivity index (χ1v) is 14.2. The average molecular weight is 580 g/mol. The summed E-state index contributed by atoms with van der Waals surface area (Å²) < 4.78 is 26.9. The Bertz CT molecular complexity index is 1510. The van der Waals surface area contributed by atoms with E-state index in [4.69, 9.17) is 9.47 Å². The molecule has 0 saturated heterocycles. The highest BCUT2D eigenvalue weighted by Crippen LogP contribution is 2.55. The highest BCUT2D eigenvalue weighted by molar-refractivity contribution is 5.99. The van der Waals surface area contributed by atoms with E-state index in [0.29, 0.717) is 36.9 Å². The number of aliphatic hydroxyl groups is 1. The van der Waals surface area contributed by atoms with Crippen molar-refractivity contribution in [2.24, 2.45) is 0 Å². The summed E-state index contributed by atoms with van der Waals surface area (Å²) in [6.45, 7) is 9.97. The molecule has 3 heterocycles. The first-order valence-electron chi connectivity index (χ1n) is 14.2. The standard InChI is InChI=1S/C31H38FN5O5/c1-7-41-25-14-24(34-15-23(25)32)19(2)37-18-31(8-9-31)26-21(17-38)12-20(13-22(26)27(37)39)16-36-11-10-33-28(36)35(6)29(40)42-30(3,4)5/h10-15,19,38H,7-9,16-18H2,1-6H3. The molecule has 11 heteroatoms. The van der Waals surface area contributed by atoms with Gasteiger partial charge in [0.25, 0.3) is 5.91 Å². The number of aromatic nitrogens is 3. The van der Waals surface area contributed by atoms with Crippen molar-refractivity contribution in [1.82, 2.24) is 19.4 Å². The van der Waals surface area contributed by atoms with Crippen LogP contribution in [0, 0.1) is 5.82 Å². The zero-order valence-electron chi connectivity index (χ0n) is 25.0. The van der Waals surface area contributed by atoms with Crippen LogP contribution in [0.5, 0.6) is 5.75 Å². The van der Waals surface area contributed by atoms with Gasteiger partial charge >= 0.3 is 6.09 Å². The third-order valence-electron chi connectivity index (χ3n) is 7.85. The molecule has 1 spiro atoms. The number of rotatable bonds is 8. The summed E-state index contributed by atoms with van der Waals surface area (Å²) in [7, 11) is 1.60. The van der Waals surface area contributed by atoms with E-state index in [2.05, 4.69) is 9.97 Å². The Hall–Kier alpha value is -3.99. The van der Waals surface area contributed by atoms with Gasteiger partial charge in [0.05, 0.1) is 37.7 Å². The Balaban J connectivity index is 1.47. The van der Waals surface area contributed by atoms with Gasteiger partial charge in [0, 0.05) is 43.0 Å². The largest absolute Gasteiger partial charge is 0.491 e. The van der Waals surface area contributed by atoms with E-state index in [1.165, 1.54) is 4.90 Å². The highest BCUT2D eigenvalue weighted by Gasteiger charge is 2.53. The smallest absolute Gasteiger partial charge is 0.416 e. The molecule has 1 aliphatic carbocycles. The van der Waals surface area contributed by atoms with Crippen molar-refractivity contribution >= 4 is 17.9 Å². The summed E-state index contributed by atoms with van der Waals surface area (Å²) >= 11 is 0. The molecule has 1 unspecified atom stereocenters. The van der Waals surface area contributed by atoms with Crippen LogP contribution in [0.1, 0.15) is 86.2 Å². The molecule has 0 bridgehead atoms. The van der Waals surface area contributed by atoms with Gasteiger partial charge in [-0.25, -0.2) is 14.2 Å². The zero-order valence-corrected chi connectivity index (χ0v) is 25.0. The van der Waals surface area contributed by atoms with Crippen molar-refractivity contribution in [3.05, 3.63) is 70.6 Å². The van der Waals surface area contributed by atoms with Gasteiger partial charge in [-0.2, -0.15) is 0 Å². The number of fused-ring (bicyclic) bond motifs is 2. The molecule has 1 saturated carbocycles. The van der Waals surface area contributed by atoms with Crippen molar-refractivity contribution < 1.29 is 28.6 Å². The molecule has 224 valence electrons. The summed E-state index contributed by atoms with van der Waals surface area (Å²) in [5.41, 5.74) is 2.59. The van der Waals surface area contributed by atoms with Gasteiger partial charge in [0.1, 0.15) is 5.60 Å². The Labute approximate surface area is 245 Å². The fourth-order valence-electron chi connectivity index (χ4n) is 5.70. The third-order valence-corrected chi connectivity index (χ3v) is 7.85. The van der Waals surface area contributed by atoms with Crippen LogP contribution in [0.2, 0.25) is 0 Å². The van der Waals surface area contributed by atoms with Gasteiger partial charge < -0.3 is 24.0 Å². The maximum Gasteiger partial charge on any atom is 0.416 e. The van der Waals surface area contributed by atoms with E-state index >= 15 is 0 Å². The number of hydrogen-bond acceptors (Lipinski definition) is 7. The minimum absolute atomic E-state index is 0.109. The topological polar surface area (TPSA) is 110 Å². The highest BCUT2D eigenvalue weighted by atomic mass is 19.1. The summed E-state index contributed by atoms with van der Waals surface area (Å²) in [4.78, 5) is 38.5. The molecule has 1 aromatic carbocycles.